The predicted octanol–water partition coefficient (Wildman–Crippen LogP) is -2.48. The molecule has 1 atom stereocenters. The van der Waals surface area contributed by atoms with Crippen molar-refractivity contribution in [2.45, 2.75) is 26.2 Å². The summed E-state index contributed by atoms with van der Waals surface area (Å²) in [6.07, 6.45) is 6.18. The second kappa shape index (κ2) is 8.91. The van der Waals surface area contributed by atoms with E-state index in [2.05, 4.69) is 5.16 Å². The number of nitrogens with zero attached hydrogens (tertiary/aromatic N) is 3. The molecule has 1 aromatic rings. The van der Waals surface area contributed by atoms with Gasteiger partial charge in [-0.2, -0.15) is 0 Å². The molecule has 0 radical (unpaired) electrons. The van der Waals surface area contributed by atoms with Crippen molar-refractivity contribution in [2.24, 2.45) is 12.2 Å². The molecule has 0 aliphatic heterocycles. The van der Waals surface area contributed by atoms with Crippen LogP contribution >= 0.6 is 0 Å². The van der Waals surface area contributed by atoms with Crippen molar-refractivity contribution in [1.29, 1.82) is 0 Å². The number of halogens is 1. The Balaban J connectivity index is 0.00000289. The van der Waals surface area contributed by atoms with Gasteiger partial charge in [-0.15, -0.1) is 0 Å². The van der Waals surface area contributed by atoms with E-state index in [0.717, 1.165) is 12.2 Å². The average Bonchev–Trinajstić information content (AvgIpc) is 2.67. The van der Waals surface area contributed by atoms with Crippen LogP contribution < -0.4 is 17.0 Å². The average molecular weight is 278 g/mol. The van der Waals surface area contributed by atoms with Crippen molar-refractivity contribution in [3.63, 3.8) is 0 Å². The Hall–Kier alpha value is -1.11. The Bertz CT molecular complexity index is 368. The van der Waals surface area contributed by atoms with Gasteiger partial charge in [0.15, 0.2) is 12.9 Å². The van der Waals surface area contributed by atoms with E-state index in [1.165, 1.54) is 6.21 Å². The normalized spacial score (nSPS) is 12.6. The number of ether oxygens (including phenoxy) is 2. The Morgan fingerprint density at radius 3 is 2.94 bits per heavy atom. The van der Waals surface area contributed by atoms with Crippen LogP contribution in [0.4, 0.5) is 0 Å². The molecule has 104 valence electrons. The molecule has 0 aliphatic rings. The monoisotopic (exact) mass is 277 g/mol. The number of aromatic nitrogens is 2. The topological polar surface area (TPSA) is 59.9 Å². The number of hydrogen-bond donors (Lipinski definition) is 1. The SMILES string of the molecule is COC(C)CCOCn1cc[n+](C)c1/C=N/O.[Cl-]. The second-order valence-corrected chi connectivity index (χ2v) is 3.85. The molecular formula is C11H20ClN3O3. The van der Waals surface area contributed by atoms with Gasteiger partial charge in [-0.1, -0.05) is 5.16 Å². The fourth-order valence-electron chi connectivity index (χ4n) is 1.39. The summed E-state index contributed by atoms with van der Waals surface area (Å²) in [4.78, 5) is 0. The highest BCUT2D eigenvalue weighted by Gasteiger charge is 2.12. The summed E-state index contributed by atoms with van der Waals surface area (Å²) < 4.78 is 14.3. The van der Waals surface area contributed by atoms with Crippen LogP contribution in [-0.2, 0) is 23.3 Å². The first-order chi connectivity index (χ1) is 8.19. The third-order valence-corrected chi connectivity index (χ3v) is 2.60. The lowest BCUT2D eigenvalue weighted by atomic mass is 10.3. The van der Waals surface area contributed by atoms with Gasteiger partial charge in [0, 0.05) is 7.11 Å². The van der Waals surface area contributed by atoms with E-state index in [-0.39, 0.29) is 18.5 Å². The quantitative estimate of drug-likeness (QED) is 0.197. The minimum Gasteiger partial charge on any atom is -1.00 e. The lowest BCUT2D eigenvalue weighted by Crippen LogP contribution is -3.00. The zero-order valence-electron chi connectivity index (χ0n) is 10.9. The molecular weight excluding hydrogens is 258 g/mol. The summed E-state index contributed by atoms with van der Waals surface area (Å²) in [6.45, 7) is 3.06. The van der Waals surface area contributed by atoms with E-state index in [4.69, 9.17) is 14.7 Å². The fourth-order valence-corrected chi connectivity index (χ4v) is 1.39. The maximum atomic E-state index is 8.55. The van der Waals surface area contributed by atoms with Crippen molar-refractivity contribution in [3.05, 3.63) is 18.2 Å². The van der Waals surface area contributed by atoms with Crippen molar-refractivity contribution in [2.75, 3.05) is 13.7 Å². The summed E-state index contributed by atoms with van der Waals surface area (Å²) in [5.41, 5.74) is 0. The van der Waals surface area contributed by atoms with Gasteiger partial charge in [0.2, 0.25) is 0 Å². The highest BCUT2D eigenvalue weighted by molar-refractivity contribution is 5.72. The molecule has 0 fully saturated rings. The highest BCUT2D eigenvalue weighted by Crippen LogP contribution is 1.98. The maximum Gasteiger partial charge on any atom is 0.305 e. The second-order valence-electron chi connectivity index (χ2n) is 3.85. The first kappa shape index (κ1) is 16.9. The summed E-state index contributed by atoms with van der Waals surface area (Å²) in [5, 5.41) is 11.6. The molecule has 1 heterocycles. The van der Waals surface area contributed by atoms with Gasteiger partial charge in [-0.3, -0.25) is 0 Å². The largest absolute Gasteiger partial charge is 1.00 e. The number of aryl methyl sites for hydroxylation is 1. The number of oxime groups is 1. The number of methoxy groups -OCH3 is 1. The van der Waals surface area contributed by atoms with E-state index >= 15 is 0 Å². The van der Waals surface area contributed by atoms with Crippen molar-refractivity contribution in [1.82, 2.24) is 4.57 Å². The van der Waals surface area contributed by atoms with Crippen LogP contribution in [0, 0.1) is 0 Å². The van der Waals surface area contributed by atoms with Gasteiger partial charge < -0.3 is 27.1 Å². The van der Waals surface area contributed by atoms with Gasteiger partial charge in [0.25, 0.3) is 0 Å². The van der Waals surface area contributed by atoms with Crippen LogP contribution in [0.15, 0.2) is 17.5 Å². The van der Waals surface area contributed by atoms with Crippen LogP contribution in [0.2, 0.25) is 0 Å². The minimum atomic E-state index is 0. The van der Waals surface area contributed by atoms with Gasteiger partial charge in [-0.25, -0.2) is 9.13 Å². The molecule has 0 saturated heterocycles. The number of rotatable bonds is 7. The van der Waals surface area contributed by atoms with Crippen molar-refractivity contribution < 1.29 is 31.7 Å². The van der Waals surface area contributed by atoms with Crippen LogP contribution in [0.3, 0.4) is 0 Å². The molecule has 0 aliphatic carbocycles. The lowest BCUT2D eigenvalue weighted by Gasteiger charge is -2.08. The molecule has 0 amide bonds. The third kappa shape index (κ3) is 5.03. The van der Waals surface area contributed by atoms with Gasteiger partial charge >= 0.3 is 5.82 Å². The minimum absolute atomic E-state index is 0. The molecule has 0 saturated carbocycles. The van der Waals surface area contributed by atoms with Crippen LogP contribution in [0.5, 0.6) is 0 Å². The van der Waals surface area contributed by atoms with E-state index < -0.39 is 0 Å². The Labute approximate surface area is 113 Å². The van der Waals surface area contributed by atoms with E-state index in [1.54, 1.807) is 7.11 Å². The third-order valence-electron chi connectivity index (χ3n) is 2.60. The zero-order chi connectivity index (χ0) is 12.7. The maximum absolute atomic E-state index is 8.55. The fraction of sp³-hybridized carbons (Fsp3) is 0.636. The smallest absolute Gasteiger partial charge is 0.305 e. The molecule has 1 N–H and O–H groups in total. The molecule has 18 heavy (non-hydrogen) atoms. The number of hydrogen-bond acceptors (Lipinski definition) is 4. The summed E-state index contributed by atoms with van der Waals surface area (Å²) >= 11 is 0. The highest BCUT2D eigenvalue weighted by atomic mass is 35.5. The Morgan fingerprint density at radius 2 is 2.33 bits per heavy atom. The van der Waals surface area contributed by atoms with Crippen molar-refractivity contribution in [3.8, 4) is 0 Å². The summed E-state index contributed by atoms with van der Waals surface area (Å²) in [7, 11) is 3.56. The Kier molecular flexibility index (Phi) is 8.36. The molecule has 0 bridgehead atoms. The number of imidazole rings is 1. The van der Waals surface area contributed by atoms with E-state index in [1.807, 2.05) is 35.5 Å². The molecule has 6 nitrogen and oxygen atoms in total. The standard InChI is InChI=1S/C11H19N3O3.ClH/c1-10(16-3)4-7-17-9-14-6-5-13(2)11(14)8-12-15;/h5-6,8,10H,4,7,9H2,1-3H3;1H. The molecule has 7 heteroatoms. The molecule has 0 spiro atoms. The van der Waals surface area contributed by atoms with Gasteiger partial charge in [-0.05, 0) is 13.3 Å². The van der Waals surface area contributed by atoms with E-state index in [9.17, 15) is 0 Å². The first-order valence-electron chi connectivity index (χ1n) is 5.51. The first-order valence-corrected chi connectivity index (χ1v) is 5.51. The van der Waals surface area contributed by atoms with Gasteiger partial charge in [0.1, 0.15) is 12.4 Å². The lowest BCUT2D eigenvalue weighted by molar-refractivity contribution is -0.672. The molecule has 1 rings (SSSR count). The Morgan fingerprint density at radius 1 is 1.61 bits per heavy atom. The van der Waals surface area contributed by atoms with Crippen LogP contribution in [0.25, 0.3) is 0 Å². The van der Waals surface area contributed by atoms with Crippen LogP contribution in [-0.4, -0.2) is 35.8 Å². The molecule has 1 aromatic heterocycles. The van der Waals surface area contributed by atoms with Crippen LogP contribution in [0.1, 0.15) is 19.2 Å². The summed E-state index contributed by atoms with van der Waals surface area (Å²) in [6, 6.07) is 0. The van der Waals surface area contributed by atoms with E-state index in [0.29, 0.717) is 13.3 Å². The summed E-state index contributed by atoms with van der Waals surface area (Å²) in [5.74, 6) is 0.771. The molecule has 1 unspecified atom stereocenters. The van der Waals surface area contributed by atoms with Crippen molar-refractivity contribution >= 4 is 6.21 Å². The molecule has 0 aromatic carbocycles. The zero-order valence-corrected chi connectivity index (χ0v) is 11.7. The predicted molar refractivity (Wildman–Crippen MR) is 62.0 cm³/mol. The van der Waals surface area contributed by atoms with Gasteiger partial charge in [0.05, 0.1) is 19.8 Å².